The van der Waals surface area contributed by atoms with E-state index in [2.05, 4.69) is 5.32 Å². The summed E-state index contributed by atoms with van der Waals surface area (Å²) in [5.74, 6) is -1.41. The van der Waals surface area contributed by atoms with E-state index < -0.39 is 12.0 Å². The number of hydrogen-bond donors (Lipinski definition) is 2. The summed E-state index contributed by atoms with van der Waals surface area (Å²) in [6, 6.07) is 6.16. The first kappa shape index (κ1) is 17.1. The SMILES string of the molecule is CC[C@H](C)[C@H](NCCCN1C(=O)c2ccccc2C1=O)C(=O)O. The number of imide groups is 1. The number of rotatable bonds is 8. The summed E-state index contributed by atoms with van der Waals surface area (Å²) in [6.45, 7) is 4.55. The van der Waals surface area contributed by atoms with E-state index in [-0.39, 0.29) is 24.3 Å². The van der Waals surface area contributed by atoms with Crippen LogP contribution < -0.4 is 5.32 Å². The van der Waals surface area contributed by atoms with Crippen LogP contribution in [0.25, 0.3) is 0 Å². The smallest absolute Gasteiger partial charge is 0.320 e. The van der Waals surface area contributed by atoms with Crippen LogP contribution in [0.1, 0.15) is 47.4 Å². The number of nitrogens with zero attached hydrogens (tertiary/aromatic N) is 1. The van der Waals surface area contributed by atoms with Gasteiger partial charge in [0.05, 0.1) is 11.1 Å². The minimum Gasteiger partial charge on any atom is -0.480 e. The fourth-order valence-electron chi connectivity index (χ4n) is 2.70. The average molecular weight is 318 g/mol. The number of carboxylic acid groups (broad SMARTS) is 1. The molecule has 0 saturated carbocycles. The zero-order valence-corrected chi connectivity index (χ0v) is 13.4. The molecule has 0 aromatic heterocycles. The van der Waals surface area contributed by atoms with Crippen LogP contribution in [0.5, 0.6) is 0 Å². The lowest BCUT2D eigenvalue weighted by atomic mass is 9.99. The summed E-state index contributed by atoms with van der Waals surface area (Å²) in [5, 5.41) is 12.2. The number of carbonyl (C=O) groups excluding carboxylic acids is 2. The highest BCUT2D eigenvalue weighted by Crippen LogP contribution is 2.22. The second kappa shape index (κ2) is 7.37. The van der Waals surface area contributed by atoms with Crippen LogP contribution in [0.15, 0.2) is 24.3 Å². The normalized spacial score (nSPS) is 16.3. The molecule has 0 radical (unpaired) electrons. The maximum Gasteiger partial charge on any atom is 0.320 e. The van der Waals surface area contributed by atoms with Gasteiger partial charge in [-0.05, 0) is 31.0 Å². The molecule has 1 aliphatic heterocycles. The minimum absolute atomic E-state index is 0.0202. The summed E-state index contributed by atoms with van der Waals surface area (Å²) < 4.78 is 0. The number of carbonyl (C=O) groups is 3. The fraction of sp³-hybridized carbons (Fsp3) is 0.471. The first-order valence-electron chi connectivity index (χ1n) is 7.88. The van der Waals surface area contributed by atoms with Crippen LogP contribution >= 0.6 is 0 Å². The molecular formula is C17H22N2O4. The number of fused-ring (bicyclic) bond motifs is 1. The van der Waals surface area contributed by atoms with Crippen molar-refractivity contribution in [1.82, 2.24) is 10.2 Å². The zero-order chi connectivity index (χ0) is 17.0. The Morgan fingerprint density at radius 3 is 2.26 bits per heavy atom. The molecular weight excluding hydrogens is 296 g/mol. The quantitative estimate of drug-likeness (QED) is 0.563. The van der Waals surface area contributed by atoms with E-state index in [1.54, 1.807) is 24.3 Å². The molecule has 1 aromatic carbocycles. The predicted molar refractivity (Wildman–Crippen MR) is 85.3 cm³/mol. The van der Waals surface area contributed by atoms with Gasteiger partial charge in [-0.3, -0.25) is 19.3 Å². The lowest BCUT2D eigenvalue weighted by Gasteiger charge is -2.21. The highest BCUT2D eigenvalue weighted by atomic mass is 16.4. The van der Waals surface area contributed by atoms with Gasteiger partial charge in [0, 0.05) is 6.54 Å². The molecule has 0 unspecified atom stereocenters. The molecule has 0 saturated heterocycles. The van der Waals surface area contributed by atoms with E-state index >= 15 is 0 Å². The third-order valence-corrected chi connectivity index (χ3v) is 4.28. The molecule has 0 spiro atoms. The molecule has 1 aliphatic rings. The lowest BCUT2D eigenvalue weighted by molar-refractivity contribution is -0.140. The number of hydrogen-bond acceptors (Lipinski definition) is 4. The van der Waals surface area contributed by atoms with Crippen molar-refractivity contribution in [2.75, 3.05) is 13.1 Å². The van der Waals surface area contributed by atoms with Crippen molar-refractivity contribution in [3.05, 3.63) is 35.4 Å². The molecule has 6 nitrogen and oxygen atoms in total. The topological polar surface area (TPSA) is 86.7 Å². The number of carboxylic acids is 1. The maximum atomic E-state index is 12.2. The van der Waals surface area contributed by atoms with E-state index in [0.717, 1.165) is 6.42 Å². The van der Waals surface area contributed by atoms with Gasteiger partial charge >= 0.3 is 5.97 Å². The Morgan fingerprint density at radius 2 is 1.78 bits per heavy atom. The lowest BCUT2D eigenvalue weighted by Crippen LogP contribution is -2.43. The third-order valence-electron chi connectivity index (χ3n) is 4.28. The van der Waals surface area contributed by atoms with E-state index in [9.17, 15) is 19.5 Å². The van der Waals surface area contributed by atoms with Crippen molar-refractivity contribution < 1.29 is 19.5 Å². The van der Waals surface area contributed by atoms with Crippen LogP contribution in [0.4, 0.5) is 0 Å². The summed E-state index contributed by atoms with van der Waals surface area (Å²) in [4.78, 5) is 36.8. The van der Waals surface area contributed by atoms with Gasteiger partial charge < -0.3 is 10.4 Å². The Morgan fingerprint density at radius 1 is 1.22 bits per heavy atom. The average Bonchev–Trinajstić information content (AvgIpc) is 2.79. The molecule has 2 N–H and O–H groups in total. The van der Waals surface area contributed by atoms with Gasteiger partial charge in [-0.1, -0.05) is 32.4 Å². The molecule has 0 bridgehead atoms. The zero-order valence-electron chi connectivity index (χ0n) is 13.4. The van der Waals surface area contributed by atoms with Gasteiger partial charge in [-0.15, -0.1) is 0 Å². The molecule has 1 heterocycles. The van der Waals surface area contributed by atoms with Crippen molar-refractivity contribution in [3.8, 4) is 0 Å². The number of aliphatic carboxylic acids is 1. The molecule has 1 aromatic rings. The molecule has 2 amide bonds. The molecule has 2 rings (SSSR count). The second-order valence-electron chi connectivity index (χ2n) is 5.82. The highest BCUT2D eigenvalue weighted by molar-refractivity contribution is 6.21. The number of benzene rings is 1. The summed E-state index contributed by atoms with van der Waals surface area (Å²) in [7, 11) is 0. The van der Waals surface area contributed by atoms with Gasteiger partial charge in [0.25, 0.3) is 11.8 Å². The number of nitrogens with one attached hydrogen (secondary N) is 1. The summed E-state index contributed by atoms with van der Waals surface area (Å²) in [6.07, 6.45) is 1.29. The minimum atomic E-state index is -0.875. The molecule has 0 fully saturated rings. The molecule has 124 valence electrons. The Balaban J connectivity index is 1.87. The van der Waals surface area contributed by atoms with Crippen molar-refractivity contribution in [2.24, 2.45) is 5.92 Å². The van der Waals surface area contributed by atoms with Crippen LogP contribution in [-0.2, 0) is 4.79 Å². The van der Waals surface area contributed by atoms with Gasteiger partial charge in [-0.2, -0.15) is 0 Å². The summed E-state index contributed by atoms with van der Waals surface area (Å²) in [5.41, 5.74) is 0.877. The highest BCUT2D eigenvalue weighted by Gasteiger charge is 2.34. The number of amides is 2. The fourth-order valence-corrected chi connectivity index (χ4v) is 2.70. The van der Waals surface area contributed by atoms with Gasteiger partial charge in [-0.25, -0.2) is 0 Å². The summed E-state index contributed by atoms with van der Waals surface area (Å²) >= 11 is 0. The van der Waals surface area contributed by atoms with Crippen molar-refractivity contribution in [2.45, 2.75) is 32.7 Å². The van der Waals surface area contributed by atoms with Crippen molar-refractivity contribution in [1.29, 1.82) is 0 Å². The van der Waals surface area contributed by atoms with Crippen molar-refractivity contribution in [3.63, 3.8) is 0 Å². The van der Waals surface area contributed by atoms with Crippen molar-refractivity contribution >= 4 is 17.8 Å². The monoisotopic (exact) mass is 318 g/mol. The van der Waals surface area contributed by atoms with Gasteiger partial charge in [0.1, 0.15) is 6.04 Å². The second-order valence-corrected chi connectivity index (χ2v) is 5.82. The first-order valence-corrected chi connectivity index (χ1v) is 7.88. The van der Waals surface area contributed by atoms with Crippen LogP contribution in [0.2, 0.25) is 0 Å². The Kier molecular flexibility index (Phi) is 5.50. The Bertz CT molecular complexity index is 579. The predicted octanol–water partition coefficient (Wildman–Crippen LogP) is 1.76. The Labute approximate surface area is 135 Å². The standard InChI is InChI=1S/C17H22N2O4/c1-3-11(2)14(17(22)23)18-9-6-10-19-15(20)12-7-4-5-8-13(12)16(19)21/h4-5,7-8,11,14,18H,3,6,9-10H2,1-2H3,(H,22,23)/t11-,14-/m0/s1. The third kappa shape index (κ3) is 3.59. The molecule has 23 heavy (non-hydrogen) atoms. The molecule has 6 heteroatoms. The maximum absolute atomic E-state index is 12.2. The van der Waals surface area contributed by atoms with E-state index in [0.29, 0.717) is 24.1 Å². The van der Waals surface area contributed by atoms with Gasteiger partial charge in [0.2, 0.25) is 0 Å². The molecule has 0 aliphatic carbocycles. The molecule has 2 atom stereocenters. The van der Waals surface area contributed by atoms with Crippen LogP contribution in [-0.4, -0.2) is 46.9 Å². The Hall–Kier alpha value is -2.21. The van der Waals surface area contributed by atoms with Crippen LogP contribution in [0, 0.1) is 5.92 Å². The largest absolute Gasteiger partial charge is 0.480 e. The van der Waals surface area contributed by atoms with E-state index in [4.69, 9.17) is 0 Å². The van der Waals surface area contributed by atoms with E-state index in [1.165, 1.54) is 4.90 Å². The van der Waals surface area contributed by atoms with Crippen LogP contribution in [0.3, 0.4) is 0 Å². The van der Waals surface area contributed by atoms with Gasteiger partial charge in [0.15, 0.2) is 0 Å². The van der Waals surface area contributed by atoms with E-state index in [1.807, 2.05) is 13.8 Å². The first-order chi connectivity index (χ1) is 11.0.